The molecule has 2 fully saturated rings. The Morgan fingerprint density at radius 1 is 1.35 bits per heavy atom. The molecule has 0 spiro atoms. The number of likely N-dealkylation sites (tertiary alicyclic amines) is 1. The van der Waals surface area contributed by atoms with Gasteiger partial charge in [-0.1, -0.05) is 19.9 Å². The van der Waals surface area contributed by atoms with Crippen LogP contribution in [0.2, 0.25) is 0 Å². The molecule has 2 aliphatic heterocycles. The van der Waals surface area contributed by atoms with Crippen molar-refractivity contribution < 1.29 is 5.11 Å². The van der Waals surface area contributed by atoms with E-state index < -0.39 is 0 Å². The summed E-state index contributed by atoms with van der Waals surface area (Å²) in [4.78, 5) is 9.40. The minimum atomic E-state index is -0.100. The van der Waals surface area contributed by atoms with Crippen molar-refractivity contribution in [3.8, 4) is 0 Å². The third-order valence-electron chi connectivity index (χ3n) is 4.85. The molecule has 4 nitrogen and oxygen atoms in total. The van der Waals surface area contributed by atoms with Crippen LogP contribution in [0.5, 0.6) is 0 Å². The van der Waals surface area contributed by atoms with Gasteiger partial charge in [0, 0.05) is 38.4 Å². The number of hydrogen-bond acceptors (Lipinski definition) is 4. The third-order valence-corrected chi connectivity index (χ3v) is 4.85. The van der Waals surface area contributed by atoms with Crippen LogP contribution in [0.1, 0.15) is 38.2 Å². The lowest BCUT2D eigenvalue weighted by atomic mass is 10.0. The highest BCUT2D eigenvalue weighted by atomic mass is 16.3. The fourth-order valence-corrected chi connectivity index (χ4v) is 3.15. The number of aromatic nitrogens is 1. The first-order valence-corrected chi connectivity index (χ1v) is 7.80. The summed E-state index contributed by atoms with van der Waals surface area (Å²) in [5, 5.41) is 9.40. The summed E-state index contributed by atoms with van der Waals surface area (Å²) < 4.78 is 0. The van der Waals surface area contributed by atoms with Gasteiger partial charge in [-0.3, -0.25) is 4.90 Å². The van der Waals surface area contributed by atoms with Gasteiger partial charge in [-0.25, -0.2) is 4.98 Å². The Labute approximate surface area is 121 Å². The SMILES string of the molecule is CCC(C)c1ccc(N2CCC(N3CC(O)C3)C2)nc1. The van der Waals surface area contributed by atoms with E-state index in [0.29, 0.717) is 12.0 Å². The molecule has 0 amide bonds. The average Bonchev–Trinajstić information content (AvgIpc) is 2.92. The van der Waals surface area contributed by atoms with Gasteiger partial charge in [0.05, 0.1) is 6.10 Å². The zero-order chi connectivity index (χ0) is 14.1. The molecular weight excluding hydrogens is 250 g/mol. The molecule has 1 aromatic heterocycles. The second-order valence-electron chi connectivity index (χ2n) is 6.26. The molecule has 2 unspecified atom stereocenters. The Morgan fingerprint density at radius 2 is 2.15 bits per heavy atom. The van der Waals surface area contributed by atoms with Crippen LogP contribution in [0.15, 0.2) is 18.3 Å². The van der Waals surface area contributed by atoms with Crippen LogP contribution in [0, 0.1) is 0 Å². The summed E-state index contributed by atoms with van der Waals surface area (Å²) in [7, 11) is 0. The standard InChI is InChI=1S/C16H25N3O/c1-3-12(2)13-4-5-16(17-8-13)18-7-6-14(9-18)19-10-15(20)11-19/h4-5,8,12,14-15,20H,3,6-7,9-11H2,1-2H3. The normalized spacial score (nSPS) is 25.8. The molecule has 20 heavy (non-hydrogen) atoms. The van der Waals surface area contributed by atoms with Gasteiger partial charge in [0.25, 0.3) is 0 Å². The maximum absolute atomic E-state index is 9.40. The quantitative estimate of drug-likeness (QED) is 0.910. The molecule has 3 rings (SSSR count). The Balaban J connectivity index is 1.60. The number of rotatable bonds is 4. The summed E-state index contributed by atoms with van der Waals surface area (Å²) in [6.07, 6.45) is 4.27. The summed E-state index contributed by atoms with van der Waals surface area (Å²) in [6.45, 7) is 8.27. The second kappa shape index (κ2) is 5.70. The molecule has 0 aliphatic carbocycles. The molecule has 110 valence electrons. The van der Waals surface area contributed by atoms with Crippen LogP contribution in [-0.4, -0.2) is 53.3 Å². The molecular formula is C16H25N3O. The molecule has 0 aromatic carbocycles. The van der Waals surface area contributed by atoms with Crippen LogP contribution >= 0.6 is 0 Å². The van der Waals surface area contributed by atoms with Crippen molar-refractivity contribution in [2.45, 2.75) is 44.8 Å². The van der Waals surface area contributed by atoms with Crippen LogP contribution < -0.4 is 4.90 Å². The molecule has 2 aliphatic rings. The van der Waals surface area contributed by atoms with E-state index in [2.05, 4.69) is 40.8 Å². The fraction of sp³-hybridized carbons (Fsp3) is 0.688. The van der Waals surface area contributed by atoms with E-state index in [1.165, 1.54) is 12.0 Å². The molecule has 1 aromatic rings. The van der Waals surface area contributed by atoms with Crippen molar-refractivity contribution >= 4 is 5.82 Å². The van der Waals surface area contributed by atoms with Gasteiger partial charge in [-0.05, 0) is 30.4 Å². The molecule has 2 atom stereocenters. The smallest absolute Gasteiger partial charge is 0.128 e. The van der Waals surface area contributed by atoms with Crippen LogP contribution in [0.25, 0.3) is 0 Å². The Hall–Kier alpha value is -1.13. The lowest BCUT2D eigenvalue weighted by Gasteiger charge is -2.40. The summed E-state index contributed by atoms with van der Waals surface area (Å²) in [6, 6.07) is 4.97. The van der Waals surface area contributed by atoms with Crippen LogP contribution in [-0.2, 0) is 0 Å². The highest BCUT2D eigenvalue weighted by molar-refractivity contribution is 5.41. The topological polar surface area (TPSA) is 39.6 Å². The van der Waals surface area contributed by atoms with Crippen molar-refractivity contribution in [3.05, 3.63) is 23.9 Å². The van der Waals surface area contributed by atoms with Gasteiger partial charge in [-0.2, -0.15) is 0 Å². The van der Waals surface area contributed by atoms with Gasteiger partial charge in [0.1, 0.15) is 5.82 Å². The lowest BCUT2D eigenvalue weighted by Crippen LogP contribution is -2.56. The number of pyridine rings is 1. The number of hydrogen-bond donors (Lipinski definition) is 1. The summed E-state index contributed by atoms with van der Waals surface area (Å²) in [5.74, 6) is 1.69. The van der Waals surface area contributed by atoms with E-state index in [1.54, 1.807) is 0 Å². The molecule has 2 saturated heterocycles. The minimum Gasteiger partial charge on any atom is -0.390 e. The van der Waals surface area contributed by atoms with E-state index in [4.69, 9.17) is 0 Å². The van der Waals surface area contributed by atoms with Gasteiger partial charge >= 0.3 is 0 Å². The van der Waals surface area contributed by atoms with Crippen LogP contribution in [0.4, 0.5) is 5.82 Å². The second-order valence-corrected chi connectivity index (χ2v) is 6.26. The summed E-state index contributed by atoms with van der Waals surface area (Å²) >= 11 is 0. The Morgan fingerprint density at radius 3 is 2.75 bits per heavy atom. The molecule has 0 bridgehead atoms. The first kappa shape index (κ1) is 13.8. The van der Waals surface area contributed by atoms with Crippen molar-refractivity contribution in [1.82, 2.24) is 9.88 Å². The van der Waals surface area contributed by atoms with E-state index >= 15 is 0 Å². The highest BCUT2D eigenvalue weighted by Gasteiger charge is 2.35. The van der Waals surface area contributed by atoms with Crippen LogP contribution in [0.3, 0.4) is 0 Å². The molecule has 1 N–H and O–H groups in total. The highest BCUT2D eigenvalue weighted by Crippen LogP contribution is 2.26. The summed E-state index contributed by atoms with van der Waals surface area (Å²) in [5.41, 5.74) is 1.33. The molecule has 4 heteroatoms. The fourth-order valence-electron chi connectivity index (χ4n) is 3.15. The maximum atomic E-state index is 9.40. The van der Waals surface area contributed by atoms with E-state index in [0.717, 1.165) is 38.4 Å². The first-order valence-electron chi connectivity index (χ1n) is 7.80. The first-order chi connectivity index (χ1) is 9.67. The van der Waals surface area contributed by atoms with E-state index in [-0.39, 0.29) is 6.10 Å². The number of β-amino-alcohol motifs (C(OH)–C–C–N with tert-alkyl or cyclic N) is 1. The van der Waals surface area contributed by atoms with E-state index in [9.17, 15) is 5.11 Å². The largest absolute Gasteiger partial charge is 0.390 e. The van der Waals surface area contributed by atoms with Crippen molar-refractivity contribution in [2.75, 3.05) is 31.1 Å². The molecule has 0 radical (unpaired) electrons. The minimum absolute atomic E-state index is 0.100. The van der Waals surface area contributed by atoms with Gasteiger partial charge in [0.15, 0.2) is 0 Å². The Kier molecular flexibility index (Phi) is 3.94. The van der Waals surface area contributed by atoms with Gasteiger partial charge in [0.2, 0.25) is 0 Å². The van der Waals surface area contributed by atoms with Gasteiger partial charge < -0.3 is 10.0 Å². The van der Waals surface area contributed by atoms with E-state index in [1.807, 2.05) is 6.20 Å². The number of nitrogens with zero attached hydrogens (tertiary/aromatic N) is 3. The zero-order valence-electron chi connectivity index (χ0n) is 12.5. The molecule has 0 saturated carbocycles. The number of anilines is 1. The third kappa shape index (κ3) is 2.67. The number of aliphatic hydroxyl groups is 1. The van der Waals surface area contributed by atoms with Gasteiger partial charge in [-0.15, -0.1) is 0 Å². The zero-order valence-corrected chi connectivity index (χ0v) is 12.5. The monoisotopic (exact) mass is 275 g/mol. The van der Waals surface area contributed by atoms with Crippen molar-refractivity contribution in [1.29, 1.82) is 0 Å². The predicted octanol–water partition coefficient (Wildman–Crippen LogP) is 1.85. The number of aliphatic hydroxyl groups excluding tert-OH is 1. The average molecular weight is 275 g/mol. The lowest BCUT2D eigenvalue weighted by molar-refractivity contribution is -0.0195. The predicted molar refractivity (Wildman–Crippen MR) is 81.1 cm³/mol. The van der Waals surface area contributed by atoms with Crippen molar-refractivity contribution in [3.63, 3.8) is 0 Å². The Bertz CT molecular complexity index is 442. The maximum Gasteiger partial charge on any atom is 0.128 e. The molecule has 3 heterocycles. The van der Waals surface area contributed by atoms with Crippen molar-refractivity contribution in [2.24, 2.45) is 0 Å².